The van der Waals surface area contributed by atoms with Gasteiger partial charge in [0.05, 0.1) is 11.6 Å². The highest BCUT2D eigenvalue weighted by Gasteiger charge is 2.39. The maximum Gasteiger partial charge on any atom is 0.273 e. The zero-order valence-corrected chi connectivity index (χ0v) is 30.2. The molecule has 1 aromatic heterocycles. The number of pyridine rings is 1. The number of aryl methyl sites for hydroxylation is 1. The average molecular weight is 683 g/mol. The molecule has 1 heterocycles. The Hall–Kier alpha value is -4.11. The van der Waals surface area contributed by atoms with E-state index in [4.69, 9.17) is 9.16 Å². The SMILES string of the molecule is CC(C)(C)[Si](C)(C)O[C@@H](CNCCc1ccc(CCC(F)(F)c2ccccc2)cc1)c1ccc(OCc2ccccc2)c2[nH]c(=O)ccc12. The van der Waals surface area contributed by atoms with Gasteiger partial charge in [-0.25, -0.2) is 8.78 Å². The number of rotatable bonds is 15. The molecular weight excluding hydrogens is 635 g/mol. The smallest absolute Gasteiger partial charge is 0.273 e. The molecule has 4 aromatic carbocycles. The van der Waals surface area contributed by atoms with Crippen LogP contribution < -0.4 is 15.6 Å². The van der Waals surface area contributed by atoms with Crippen LogP contribution in [0.15, 0.2) is 114 Å². The lowest BCUT2D eigenvalue weighted by atomic mass is 9.99. The summed E-state index contributed by atoms with van der Waals surface area (Å²) < 4.78 is 42.6. The van der Waals surface area contributed by atoms with Crippen LogP contribution in [-0.2, 0) is 29.8 Å². The molecule has 0 aliphatic carbocycles. The van der Waals surface area contributed by atoms with Gasteiger partial charge in [-0.05, 0) is 71.9 Å². The minimum Gasteiger partial charge on any atom is -0.487 e. The second-order valence-electron chi connectivity index (χ2n) is 14.2. The van der Waals surface area contributed by atoms with Crippen molar-refractivity contribution >= 4 is 19.2 Å². The standard InChI is InChI=1S/C41H48F2N2O3Si/c1-40(2,3)49(4,5)48-37(34-20-22-36(39-35(34)21-23-38(46)45-39)47-29-32-12-8-6-9-13-32)28-44-27-25-31-18-16-30(17-19-31)24-26-41(42,43)33-14-10-7-11-15-33/h6-23,37,44H,24-29H2,1-5H3,(H,45,46)/t37-/m0/s1. The molecule has 0 saturated heterocycles. The number of ether oxygens (including phenoxy) is 1. The van der Waals surface area contributed by atoms with Crippen molar-refractivity contribution < 1.29 is 17.9 Å². The van der Waals surface area contributed by atoms with E-state index in [1.165, 1.54) is 12.1 Å². The second-order valence-corrected chi connectivity index (χ2v) is 19.0. The van der Waals surface area contributed by atoms with Crippen molar-refractivity contribution in [2.24, 2.45) is 0 Å². The van der Waals surface area contributed by atoms with Crippen LogP contribution in [0.2, 0.25) is 18.1 Å². The predicted octanol–water partition coefficient (Wildman–Crippen LogP) is 9.73. The largest absolute Gasteiger partial charge is 0.487 e. The first kappa shape index (κ1) is 36.2. The molecule has 0 aliphatic heterocycles. The van der Waals surface area contributed by atoms with Crippen LogP contribution in [0, 0.1) is 0 Å². The lowest BCUT2D eigenvalue weighted by Crippen LogP contribution is -2.43. The Morgan fingerprint density at radius 2 is 1.41 bits per heavy atom. The van der Waals surface area contributed by atoms with Crippen LogP contribution in [-0.4, -0.2) is 26.4 Å². The van der Waals surface area contributed by atoms with Crippen molar-refractivity contribution in [2.75, 3.05) is 13.1 Å². The van der Waals surface area contributed by atoms with E-state index in [1.54, 1.807) is 24.3 Å². The van der Waals surface area contributed by atoms with Gasteiger partial charge in [0, 0.05) is 30.0 Å². The highest BCUT2D eigenvalue weighted by molar-refractivity contribution is 6.74. The lowest BCUT2D eigenvalue weighted by molar-refractivity contribution is -0.0130. The molecule has 0 radical (unpaired) electrons. The van der Waals surface area contributed by atoms with E-state index >= 15 is 0 Å². The van der Waals surface area contributed by atoms with Gasteiger partial charge in [-0.15, -0.1) is 0 Å². The molecule has 8 heteroatoms. The van der Waals surface area contributed by atoms with Crippen molar-refractivity contribution in [3.05, 3.63) is 147 Å². The molecular formula is C41H48F2N2O3Si. The van der Waals surface area contributed by atoms with Crippen LogP contribution in [0.25, 0.3) is 10.9 Å². The summed E-state index contributed by atoms with van der Waals surface area (Å²) in [7, 11) is -2.19. The number of H-pyrrole nitrogens is 1. The van der Waals surface area contributed by atoms with Crippen LogP contribution >= 0.6 is 0 Å². The first-order valence-corrected chi connectivity index (χ1v) is 20.0. The molecule has 0 saturated carbocycles. The third kappa shape index (κ3) is 9.53. The first-order valence-electron chi connectivity index (χ1n) is 17.0. The molecule has 0 amide bonds. The fraction of sp³-hybridized carbons (Fsp3) is 0.341. The molecule has 0 bridgehead atoms. The third-order valence-electron chi connectivity index (χ3n) is 9.58. The maximum absolute atomic E-state index is 14.7. The molecule has 5 rings (SSSR count). The van der Waals surface area contributed by atoms with Crippen molar-refractivity contribution in [3.8, 4) is 5.75 Å². The van der Waals surface area contributed by atoms with Gasteiger partial charge in [0.25, 0.3) is 5.92 Å². The van der Waals surface area contributed by atoms with E-state index in [-0.39, 0.29) is 28.7 Å². The molecule has 0 spiro atoms. The molecule has 0 aliphatic rings. The van der Waals surface area contributed by atoms with E-state index in [2.05, 4.69) is 50.2 Å². The molecule has 0 unspecified atom stereocenters. The second kappa shape index (κ2) is 15.6. The number of hydrogen-bond acceptors (Lipinski definition) is 4. The summed E-state index contributed by atoms with van der Waals surface area (Å²) in [4.78, 5) is 15.5. The van der Waals surface area contributed by atoms with Crippen LogP contribution in [0.4, 0.5) is 8.78 Å². The van der Waals surface area contributed by atoms with E-state index in [1.807, 2.05) is 66.7 Å². The highest BCUT2D eigenvalue weighted by Crippen LogP contribution is 2.41. The summed E-state index contributed by atoms with van der Waals surface area (Å²) in [5.41, 5.74) is 4.60. The topological polar surface area (TPSA) is 63.4 Å². The quantitative estimate of drug-likeness (QED) is 0.0853. The number of halogens is 2. The summed E-state index contributed by atoms with van der Waals surface area (Å²) in [5, 5.41) is 4.51. The van der Waals surface area contributed by atoms with Crippen molar-refractivity contribution in [1.82, 2.24) is 10.3 Å². The van der Waals surface area contributed by atoms with Crippen LogP contribution in [0.1, 0.15) is 61.1 Å². The van der Waals surface area contributed by atoms with Crippen LogP contribution in [0.3, 0.4) is 0 Å². The first-order chi connectivity index (χ1) is 23.3. The van der Waals surface area contributed by atoms with E-state index in [9.17, 15) is 13.6 Å². The van der Waals surface area contributed by atoms with Crippen molar-refractivity contribution in [2.45, 2.75) is 76.8 Å². The fourth-order valence-corrected chi connectivity index (χ4v) is 6.87. The van der Waals surface area contributed by atoms with E-state index in [0.29, 0.717) is 30.8 Å². The molecule has 5 aromatic rings. The fourth-order valence-electron chi connectivity index (χ4n) is 5.60. The van der Waals surface area contributed by atoms with E-state index in [0.717, 1.165) is 40.6 Å². The number of nitrogens with one attached hydrogen (secondary N) is 2. The summed E-state index contributed by atoms with van der Waals surface area (Å²) in [6.45, 7) is 12.9. The van der Waals surface area contributed by atoms with Gasteiger partial charge in [0.15, 0.2) is 8.32 Å². The van der Waals surface area contributed by atoms with Gasteiger partial charge >= 0.3 is 0 Å². The van der Waals surface area contributed by atoms with Crippen molar-refractivity contribution in [1.29, 1.82) is 0 Å². The number of aromatic amines is 1. The summed E-state index contributed by atoms with van der Waals surface area (Å²) in [5.74, 6) is -2.24. The maximum atomic E-state index is 14.7. The van der Waals surface area contributed by atoms with Crippen LogP contribution in [0.5, 0.6) is 5.75 Å². The summed E-state index contributed by atoms with van der Waals surface area (Å²) >= 11 is 0. The minimum absolute atomic E-state index is 0.000900. The predicted molar refractivity (Wildman–Crippen MR) is 198 cm³/mol. The third-order valence-corrected chi connectivity index (χ3v) is 14.1. The zero-order valence-electron chi connectivity index (χ0n) is 29.2. The number of benzene rings is 4. The summed E-state index contributed by atoms with van der Waals surface area (Å²) in [6.07, 6.45) is 0.609. The number of aromatic nitrogens is 1. The molecule has 1 atom stereocenters. The Labute approximate surface area is 289 Å². The minimum atomic E-state index is -2.86. The van der Waals surface area contributed by atoms with Gasteiger partial charge in [0.1, 0.15) is 12.4 Å². The van der Waals surface area contributed by atoms with Gasteiger partial charge in [0.2, 0.25) is 5.56 Å². The van der Waals surface area contributed by atoms with Gasteiger partial charge in [-0.1, -0.05) is 112 Å². The number of fused-ring (bicyclic) bond motifs is 1. The Balaban J connectivity index is 1.27. The van der Waals surface area contributed by atoms with Gasteiger partial charge in [-0.3, -0.25) is 4.79 Å². The Morgan fingerprint density at radius 1 is 0.776 bits per heavy atom. The average Bonchev–Trinajstić information content (AvgIpc) is 3.08. The Bertz CT molecular complexity index is 1850. The summed E-state index contributed by atoms with van der Waals surface area (Å²) in [6, 6.07) is 33.3. The van der Waals surface area contributed by atoms with Gasteiger partial charge < -0.3 is 19.5 Å². The molecule has 49 heavy (non-hydrogen) atoms. The van der Waals surface area contributed by atoms with E-state index < -0.39 is 14.2 Å². The number of alkyl halides is 2. The normalized spacial score (nSPS) is 13.0. The Morgan fingerprint density at radius 3 is 2.06 bits per heavy atom. The molecule has 2 N–H and O–H groups in total. The molecule has 0 fully saturated rings. The number of hydrogen-bond donors (Lipinski definition) is 2. The molecule has 5 nitrogen and oxygen atoms in total. The van der Waals surface area contributed by atoms with Gasteiger partial charge in [-0.2, -0.15) is 0 Å². The lowest BCUT2D eigenvalue weighted by Gasteiger charge is -2.39. The van der Waals surface area contributed by atoms with Crippen molar-refractivity contribution in [3.63, 3.8) is 0 Å². The monoisotopic (exact) mass is 682 g/mol. The highest BCUT2D eigenvalue weighted by atomic mass is 28.4. The Kier molecular flexibility index (Phi) is 11.5. The molecule has 258 valence electrons. The zero-order chi connectivity index (χ0) is 35.1.